The van der Waals surface area contributed by atoms with Gasteiger partial charge < -0.3 is 28.1 Å². The summed E-state index contributed by atoms with van der Waals surface area (Å²) in [6, 6.07) is 12.6. The van der Waals surface area contributed by atoms with Gasteiger partial charge in [0.05, 0.1) is 27.0 Å². The summed E-state index contributed by atoms with van der Waals surface area (Å²) in [5.74, 6) is 2.30. The Bertz CT molecular complexity index is 1100. The normalized spacial score (nSPS) is 10.6. The van der Waals surface area contributed by atoms with E-state index >= 15 is 0 Å². The van der Waals surface area contributed by atoms with Gasteiger partial charge in [0.25, 0.3) is 5.91 Å². The highest BCUT2D eigenvalue weighted by molar-refractivity contribution is 5.94. The zero-order valence-electron chi connectivity index (χ0n) is 19.8. The van der Waals surface area contributed by atoms with Crippen LogP contribution < -0.4 is 9.47 Å². The van der Waals surface area contributed by atoms with E-state index in [0.29, 0.717) is 30.2 Å². The number of ether oxygens (including phenoxy) is 2. The molecular formula is C26H30N2O6. The molecule has 2 amide bonds. The fraction of sp³-hybridized carbons (Fsp3) is 0.308. The molecule has 180 valence electrons. The molecule has 0 N–H and O–H groups in total. The predicted octanol–water partition coefficient (Wildman–Crippen LogP) is 4.10. The fourth-order valence-electron chi connectivity index (χ4n) is 3.54. The lowest BCUT2D eigenvalue weighted by Crippen LogP contribution is -2.43. The number of carbonyl (C=O) groups is 2. The molecular weight excluding hydrogens is 436 g/mol. The van der Waals surface area contributed by atoms with E-state index in [1.807, 2.05) is 37.3 Å². The lowest BCUT2D eigenvalue weighted by atomic mass is 10.1. The molecule has 0 aliphatic rings. The van der Waals surface area contributed by atoms with Crippen LogP contribution in [0.25, 0.3) is 0 Å². The Morgan fingerprint density at radius 1 is 1.06 bits per heavy atom. The minimum atomic E-state index is -0.369. The lowest BCUT2D eigenvalue weighted by molar-refractivity contribution is -0.132. The van der Waals surface area contributed by atoms with Gasteiger partial charge in [0.1, 0.15) is 18.1 Å². The molecule has 0 unspecified atom stereocenters. The summed E-state index contributed by atoms with van der Waals surface area (Å²) < 4.78 is 21.6. The summed E-state index contributed by atoms with van der Waals surface area (Å²) in [4.78, 5) is 29.2. The number of carbonyl (C=O) groups excluding carboxylic acids is 2. The maximum atomic E-state index is 13.3. The van der Waals surface area contributed by atoms with E-state index in [1.165, 1.54) is 11.2 Å². The summed E-state index contributed by atoms with van der Waals surface area (Å²) in [5.41, 5.74) is 0.987. The molecule has 2 aromatic heterocycles. The number of methoxy groups -OCH3 is 2. The molecule has 0 atom stereocenters. The predicted molar refractivity (Wildman–Crippen MR) is 127 cm³/mol. The summed E-state index contributed by atoms with van der Waals surface area (Å²) in [6.07, 6.45) is 3.59. The Labute approximate surface area is 199 Å². The maximum Gasteiger partial charge on any atom is 0.290 e. The number of aryl methyl sites for hydroxylation is 1. The molecule has 8 nitrogen and oxygen atoms in total. The molecule has 3 aromatic rings. The van der Waals surface area contributed by atoms with Crippen molar-refractivity contribution < 1.29 is 27.9 Å². The lowest BCUT2D eigenvalue weighted by Gasteiger charge is -2.26. The van der Waals surface area contributed by atoms with Crippen molar-refractivity contribution in [3.8, 4) is 11.5 Å². The van der Waals surface area contributed by atoms with E-state index in [4.69, 9.17) is 18.3 Å². The van der Waals surface area contributed by atoms with Crippen molar-refractivity contribution in [1.82, 2.24) is 9.80 Å². The van der Waals surface area contributed by atoms with Gasteiger partial charge in [0.15, 0.2) is 17.3 Å². The van der Waals surface area contributed by atoms with E-state index in [-0.39, 0.29) is 37.2 Å². The number of hydrogen-bond acceptors (Lipinski definition) is 6. The van der Waals surface area contributed by atoms with Crippen LogP contribution in [-0.2, 0) is 17.8 Å². The van der Waals surface area contributed by atoms with Crippen LogP contribution in [0.3, 0.4) is 0 Å². The van der Waals surface area contributed by atoms with Crippen molar-refractivity contribution in [3.05, 3.63) is 84.2 Å². The number of hydrogen-bond donors (Lipinski definition) is 0. The minimum absolute atomic E-state index is 0.114. The Kier molecular flexibility index (Phi) is 8.56. The molecule has 0 radical (unpaired) electrons. The molecule has 34 heavy (non-hydrogen) atoms. The Balaban J connectivity index is 1.76. The van der Waals surface area contributed by atoms with Crippen LogP contribution in [0.2, 0.25) is 0 Å². The molecule has 0 saturated carbocycles. The van der Waals surface area contributed by atoms with E-state index in [9.17, 15) is 9.59 Å². The van der Waals surface area contributed by atoms with Gasteiger partial charge in [-0.15, -0.1) is 6.58 Å². The summed E-state index contributed by atoms with van der Waals surface area (Å²) in [5, 5.41) is 0. The smallest absolute Gasteiger partial charge is 0.290 e. The van der Waals surface area contributed by atoms with Crippen LogP contribution in [0.5, 0.6) is 11.5 Å². The average molecular weight is 467 g/mol. The first kappa shape index (κ1) is 24.7. The highest BCUT2D eigenvalue weighted by Gasteiger charge is 2.24. The molecule has 0 aliphatic carbocycles. The molecule has 0 aliphatic heterocycles. The molecule has 0 bridgehead atoms. The molecule has 0 fully saturated rings. The van der Waals surface area contributed by atoms with Crippen molar-refractivity contribution in [3.63, 3.8) is 0 Å². The second-order valence-corrected chi connectivity index (χ2v) is 7.72. The van der Waals surface area contributed by atoms with Gasteiger partial charge in [-0.25, -0.2) is 0 Å². The first-order valence-corrected chi connectivity index (χ1v) is 10.9. The zero-order chi connectivity index (χ0) is 24.5. The highest BCUT2D eigenvalue weighted by Crippen LogP contribution is 2.27. The van der Waals surface area contributed by atoms with E-state index in [2.05, 4.69) is 6.58 Å². The number of benzene rings is 1. The topological polar surface area (TPSA) is 85.4 Å². The second-order valence-electron chi connectivity index (χ2n) is 7.72. The summed E-state index contributed by atoms with van der Waals surface area (Å²) in [6.45, 7) is 6.37. The number of furan rings is 2. The van der Waals surface area contributed by atoms with Crippen LogP contribution in [0.1, 0.15) is 27.6 Å². The van der Waals surface area contributed by atoms with Crippen molar-refractivity contribution >= 4 is 11.8 Å². The minimum Gasteiger partial charge on any atom is -0.493 e. The average Bonchev–Trinajstić information content (AvgIpc) is 3.52. The third-order valence-electron chi connectivity index (χ3n) is 5.31. The van der Waals surface area contributed by atoms with E-state index in [1.54, 1.807) is 37.3 Å². The Morgan fingerprint density at radius 3 is 2.47 bits per heavy atom. The van der Waals surface area contributed by atoms with Gasteiger partial charge in [0.2, 0.25) is 5.91 Å². The summed E-state index contributed by atoms with van der Waals surface area (Å²) >= 11 is 0. The number of nitrogens with zero attached hydrogens (tertiary/aromatic N) is 2. The van der Waals surface area contributed by atoms with Gasteiger partial charge in [0, 0.05) is 13.1 Å². The first-order chi connectivity index (χ1) is 16.4. The van der Waals surface area contributed by atoms with Crippen LogP contribution >= 0.6 is 0 Å². The first-order valence-electron chi connectivity index (χ1n) is 10.9. The molecule has 0 spiro atoms. The van der Waals surface area contributed by atoms with Crippen LogP contribution in [0, 0.1) is 6.92 Å². The van der Waals surface area contributed by atoms with Crippen molar-refractivity contribution in [1.29, 1.82) is 0 Å². The Morgan fingerprint density at radius 2 is 1.85 bits per heavy atom. The molecule has 2 heterocycles. The van der Waals surface area contributed by atoms with E-state index < -0.39 is 0 Å². The van der Waals surface area contributed by atoms with Gasteiger partial charge in [-0.05, 0) is 55.3 Å². The monoisotopic (exact) mass is 466 g/mol. The third-order valence-corrected chi connectivity index (χ3v) is 5.31. The van der Waals surface area contributed by atoms with Gasteiger partial charge in [-0.3, -0.25) is 9.59 Å². The SMILES string of the molecule is C=CCN(CC(=O)N(CCc1ccc(OC)c(OC)c1)Cc1ccc(C)o1)C(=O)c1ccco1. The van der Waals surface area contributed by atoms with E-state index in [0.717, 1.165) is 11.3 Å². The molecule has 3 rings (SSSR count). The Hall–Kier alpha value is -3.94. The molecule has 1 aromatic carbocycles. The largest absolute Gasteiger partial charge is 0.493 e. The van der Waals surface area contributed by atoms with Crippen LogP contribution in [0.15, 0.2) is 70.2 Å². The second kappa shape index (κ2) is 11.8. The number of amides is 2. The third kappa shape index (κ3) is 6.31. The summed E-state index contributed by atoms with van der Waals surface area (Å²) in [7, 11) is 3.17. The van der Waals surface area contributed by atoms with Gasteiger partial charge in [-0.1, -0.05) is 12.1 Å². The van der Waals surface area contributed by atoms with Gasteiger partial charge >= 0.3 is 0 Å². The molecule has 0 saturated heterocycles. The molecule has 8 heteroatoms. The van der Waals surface area contributed by atoms with Crippen molar-refractivity contribution in [2.24, 2.45) is 0 Å². The van der Waals surface area contributed by atoms with Gasteiger partial charge in [-0.2, -0.15) is 0 Å². The highest BCUT2D eigenvalue weighted by atomic mass is 16.5. The number of rotatable bonds is 12. The quantitative estimate of drug-likeness (QED) is 0.374. The van der Waals surface area contributed by atoms with Crippen molar-refractivity contribution in [2.75, 3.05) is 33.9 Å². The zero-order valence-corrected chi connectivity index (χ0v) is 19.8. The standard InChI is InChI=1S/C26H30N2O6/c1-5-13-28(26(30)23-7-6-15-33-23)18-25(29)27(17-21-10-8-19(2)34-21)14-12-20-9-11-22(31-3)24(16-20)32-4/h5-11,15-16H,1,12-14,17-18H2,2-4H3. The van der Waals surface area contributed by atoms with Crippen LogP contribution in [0.4, 0.5) is 0 Å². The van der Waals surface area contributed by atoms with Crippen LogP contribution in [-0.4, -0.2) is 55.5 Å². The van der Waals surface area contributed by atoms with Crippen molar-refractivity contribution in [2.45, 2.75) is 19.9 Å². The maximum absolute atomic E-state index is 13.3. The fourth-order valence-corrected chi connectivity index (χ4v) is 3.54.